The van der Waals surface area contributed by atoms with Gasteiger partial charge in [0.1, 0.15) is 6.04 Å². The Kier molecular flexibility index (Phi) is 14.1. The Bertz CT molecular complexity index is 292. The molecule has 0 heterocycles. The van der Waals surface area contributed by atoms with Crippen molar-refractivity contribution in [3.63, 3.8) is 0 Å². The van der Waals surface area contributed by atoms with Crippen LogP contribution in [0.25, 0.3) is 0 Å². The summed E-state index contributed by atoms with van der Waals surface area (Å²) in [4.78, 5) is 22.8. The SMILES string of the molecule is CCCCCCCCCCCCCC(=O)NC(C)C(=O)OC. The molecule has 0 aromatic heterocycles. The number of esters is 1. The molecule has 1 amide bonds. The normalized spacial score (nSPS) is 12.0. The molecular weight excluding hydrogens is 278 g/mol. The minimum atomic E-state index is -0.551. The highest BCUT2D eigenvalue weighted by Gasteiger charge is 2.14. The van der Waals surface area contributed by atoms with E-state index in [1.54, 1.807) is 6.92 Å². The quantitative estimate of drug-likeness (QED) is 0.383. The summed E-state index contributed by atoms with van der Waals surface area (Å²) >= 11 is 0. The molecule has 0 rings (SSSR count). The van der Waals surface area contributed by atoms with E-state index in [0.717, 1.165) is 12.8 Å². The molecule has 22 heavy (non-hydrogen) atoms. The van der Waals surface area contributed by atoms with Gasteiger partial charge in [0.15, 0.2) is 0 Å². The Hall–Kier alpha value is -1.06. The van der Waals surface area contributed by atoms with E-state index in [1.807, 2.05) is 0 Å². The number of rotatable bonds is 14. The monoisotopic (exact) mass is 313 g/mol. The van der Waals surface area contributed by atoms with Gasteiger partial charge >= 0.3 is 5.97 Å². The predicted molar refractivity (Wildman–Crippen MR) is 90.7 cm³/mol. The summed E-state index contributed by atoms with van der Waals surface area (Å²) < 4.78 is 4.57. The van der Waals surface area contributed by atoms with Crippen LogP contribution in [0.3, 0.4) is 0 Å². The third-order valence-electron chi connectivity index (χ3n) is 3.94. The highest BCUT2D eigenvalue weighted by Crippen LogP contribution is 2.11. The maximum atomic E-state index is 11.6. The van der Waals surface area contributed by atoms with Crippen LogP contribution < -0.4 is 5.32 Å². The molecule has 1 atom stereocenters. The minimum Gasteiger partial charge on any atom is -0.467 e. The number of unbranched alkanes of at least 4 members (excludes halogenated alkanes) is 10. The van der Waals surface area contributed by atoms with Crippen molar-refractivity contribution in [3.8, 4) is 0 Å². The van der Waals surface area contributed by atoms with Gasteiger partial charge in [-0.1, -0.05) is 71.1 Å². The van der Waals surface area contributed by atoms with Gasteiger partial charge in [-0.05, 0) is 13.3 Å². The molecule has 0 aliphatic rings. The van der Waals surface area contributed by atoms with Gasteiger partial charge in [0.05, 0.1) is 7.11 Å². The van der Waals surface area contributed by atoms with Crippen LogP contribution in [0.2, 0.25) is 0 Å². The average molecular weight is 313 g/mol. The maximum Gasteiger partial charge on any atom is 0.328 e. The van der Waals surface area contributed by atoms with Crippen molar-refractivity contribution in [3.05, 3.63) is 0 Å². The summed E-state index contributed by atoms with van der Waals surface area (Å²) in [5, 5.41) is 2.65. The summed E-state index contributed by atoms with van der Waals surface area (Å²) in [7, 11) is 1.33. The number of methoxy groups -OCH3 is 1. The van der Waals surface area contributed by atoms with Crippen LogP contribution >= 0.6 is 0 Å². The average Bonchev–Trinajstić information content (AvgIpc) is 2.51. The lowest BCUT2D eigenvalue weighted by atomic mass is 10.1. The Morgan fingerprint density at radius 1 is 0.864 bits per heavy atom. The van der Waals surface area contributed by atoms with Crippen LogP contribution in [0.4, 0.5) is 0 Å². The van der Waals surface area contributed by atoms with Crippen LogP contribution in [0, 0.1) is 0 Å². The van der Waals surface area contributed by atoms with Crippen molar-refractivity contribution < 1.29 is 14.3 Å². The molecule has 4 heteroatoms. The van der Waals surface area contributed by atoms with E-state index in [1.165, 1.54) is 64.9 Å². The number of hydrogen-bond acceptors (Lipinski definition) is 3. The first kappa shape index (κ1) is 20.9. The number of carbonyl (C=O) groups excluding carboxylic acids is 2. The first-order valence-electron chi connectivity index (χ1n) is 8.99. The summed E-state index contributed by atoms with van der Waals surface area (Å²) in [5.74, 6) is -0.457. The first-order chi connectivity index (χ1) is 10.6. The molecule has 1 N–H and O–H groups in total. The van der Waals surface area contributed by atoms with Crippen molar-refractivity contribution in [1.82, 2.24) is 5.32 Å². The number of amides is 1. The van der Waals surface area contributed by atoms with Gasteiger partial charge in [-0.15, -0.1) is 0 Å². The fraction of sp³-hybridized carbons (Fsp3) is 0.889. The molecule has 0 bridgehead atoms. The zero-order valence-electron chi connectivity index (χ0n) is 14.8. The Morgan fingerprint density at radius 2 is 1.32 bits per heavy atom. The molecule has 0 aliphatic carbocycles. The molecule has 0 saturated heterocycles. The van der Waals surface area contributed by atoms with Crippen LogP contribution in [-0.4, -0.2) is 25.0 Å². The van der Waals surface area contributed by atoms with Crippen molar-refractivity contribution in [2.24, 2.45) is 0 Å². The third-order valence-corrected chi connectivity index (χ3v) is 3.94. The van der Waals surface area contributed by atoms with E-state index in [4.69, 9.17) is 0 Å². The lowest BCUT2D eigenvalue weighted by Gasteiger charge is -2.11. The Morgan fingerprint density at radius 3 is 1.77 bits per heavy atom. The van der Waals surface area contributed by atoms with Crippen molar-refractivity contribution >= 4 is 11.9 Å². The summed E-state index contributed by atoms with van der Waals surface area (Å²) in [5.41, 5.74) is 0. The first-order valence-corrected chi connectivity index (χ1v) is 8.99. The highest BCUT2D eigenvalue weighted by atomic mass is 16.5. The van der Waals surface area contributed by atoms with Crippen molar-refractivity contribution in [2.45, 2.75) is 96.9 Å². The second-order valence-electron chi connectivity index (χ2n) is 6.10. The molecule has 1 unspecified atom stereocenters. The van der Waals surface area contributed by atoms with Crippen LogP contribution in [-0.2, 0) is 14.3 Å². The van der Waals surface area contributed by atoms with E-state index in [-0.39, 0.29) is 5.91 Å². The van der Waals surface area contributed by atoms with Gasteiger partial charge in [0.2, 0.25) is 5.91 Å². The summed E-state index contributed by atoms with van der Waals surface area (Å²) in [6.45, 7) is 3.89. The maximum absolute atomic E-state index is 11.6. The van der Waals surface area contributed by atoms with E-state index in [0.29, 0.717) is 6.42 Å². The molecule has 0 spiro atoms. The largest absolute Gasteiger partial charge is 0.467 e. The molecule has 0 saturated carbocycles. The molecule has 0 fully saturated rings. The van der Waals surface area contributed by atoms with Gasteiger partial charge in [-0.3, -0.25) is 4.79 Å². The predicted octanol–water partition coefficient (Wildman–Crippen LogP) is 4.37. The van der Waals surface area contributed by atoms with E-state index >= 15 is 0 Å². The van der Waals surface area contributed by atoms with Crippen LogP contribution in [0.5, 0.6) is 0 Å². The number of hydrogen-bond donors (Lipinski definition) is 1. The zero-order valence-corrected chi connectivity index (χ0v) is 14.8. The third kappa shape index (κ3) is 12.7. The summed E-state index contributed by atoms with van der Waals surface area (Å²) in [6, 6.07) is -0.551. The Balaban J connectivity index is 3.32. The van der Waals surface area contributed by atoms with Gasteiger partial charge < -0.3 is 10.1 Å². The molecule has 0 radical (unpaired) electrons. The summed E-state index contributed by atoms with van der Waals surface area (Å²) in [6.07, 6.45) is 14.4. The number of carbonyl (C=O) groups is 2. The zero-order chi connectivity index (χ0) is 16.6. The molecule has 0 aliphatic heterocycles. The number of nitrogens with one attached hydrogen (secondary N) is 1. The smallest absolute Gasteiger partial charge is 0.328 e. The van der Waals surface area contributed by atoms with E-state index in [9.17, 15) is 9.59 Å². The van der Waals surface area contributed by atoms with Gasteiger partial charge in [0.25, 0.3) is 0 Å². The number of ether oxygens (including phenoxy) is 1. The van der Waals surface area contributed by atoms with Gasteiger partial charge in [-0.25, -0.2) is 4.79 Å². The topological polar surface area (TPSA) is 55.4 Å². The van der Waals surface area contributed by atoms with Crippen LogP contribution in [0.15, 0.2) is 0 Å². The van der Waals surface area contributed by atoms with E-state index < -0.39 is 12.0 Å². The fourth-order valence-electron chi connectivity index (χ4n) is 2.50. The molecule has 0 aromatic carbocycles. The van der Waals surface area contributed by atoms with Crippen molar-refractivity contribution in [1.29, 1.82) is 0 Å². The fourth-order valence-corrected chi connectivity index (χ4v) is 2.50. The minimum absolute atomic E-state index is 0.0613. The lowest BCUT2D eigenvalue weighted by molar-refractivity contribution is -0.144. The molecule has 130 valence electrons. The lowest BCUT2D eigenvalue weighted by Crippen LogP contribution is -2.38. The van der Waals surface area contributed by atoms with E-state index in [2.05, 4.69) is 17.0 Å². The molecular formula is C18H35NO3. The second kappa shape index (κ2) is 14.9. The van der Waals surface area contributed by atoms with Crippen molar-refractivity contribution in [2.75, 3.05) is 7.11 Å². The molecule has 0 aromatic rings. The molecule has 4 nitrogen and oxygen atoms in total. The van der Waals surface area contributed by atoms with Gasteiger partial charge in [-0.2, -0.15) is 0 Å². The Labute approximate surface area is 136 Å². The van der Waals surface area contributed by atoms with Gasteiger partial charge in [0, 0.05) is 6.42 Å². The standard InChI is InChI=1S/C18H35NO3/c1-4-5-6-7-8-9-10-11-12-13-14-15-17(20)19-16(2)18(21)22-3/h16H,4-15H2,1-3H3,(H,19,20). The van der Waals surface area contributed by atoms with Crippen LogP contribution in [0.1, 0.15) is 90.9 Å². The second-order valence-corrected chi connectivity index (χ2v) is 6.10. The highest BCUT2D eigenvalue weighted by molar-refractivity contribution is 5.83.